The van der Waals surface area contributed by atoms with Crippen molar-refractivity contribution >= 4 is 28.6 Å². The van der Waals surface area contributed by atoms with Gasteiger partial charge in [-0.15, -0.1) is 5.10 Å². The molecule has 5 heterocycles. The Kier molecular flexibility index (Phi) is 9.92. The summed E-state index contributed by atoms with van der Waals surface area (Å²) in [4.78, 5) is 43.5. The van der Waals surface area contributed by atoms with Crippen LogP contribution in [0.2, 0.25) is 0 Å². The third-order valence-electron chi connectivity index (χ3n) is 5.15. The lowest BCUT2D eigenvalue weighted by molar-refractivity contribution is -0.134. The van der Waals surface area contributed by atoms with E-state index in [-0.39, 0.29) is 30.0 Å². The van der Waals surface area contributed by atoms with Crippen LogP contribution in [0, 0.1) is 13.8 Å². The number of carbonyl (C=O) groups excluding carboxylic acids is 3. The van der Waals surface area contributed by atoms with Crippen molar-refractivity contribution in [3.63, 3.8) is 0 Å². The normalized spacial score (nSPS) is 9.97. The zero-order valence-electron chi connectivity index (χ0n) is 21.1. The van der Waals surface area contributed by atoms with Gasteiger partial charge in [-0.3, -0.25) is 14.4 Å². The molecule has 5 aromatic heterocycles. The van der Waals surface area contributed by atoms with Gasteiger partial charge in [-0.05, 0) is 38.1 Å². The number of nitrogens with two attached hydrogens (primary N) is 1. The molecule has 12 heteroatoms. The number of Topliss-reactive ketones (excluding diaryl/α,β-unsaturated/α-hetero) is 3. The average molecular weight is 504 g/mol. The number of nitrogens with zero attached hydrogens (tertiary/aromatic N) is 7. The van der Waals surface area contributed by atoms with Gasteiger partial charge in [0, 0.05) is 62.2 Å². The van der Waals surface area contributed by atoms with Crippen LogP contribution in [-0.2, 0) is 9.59 Å². The van der Waals surface area contributed by atoms with Gasteiger partial charge in [0.2, 0.25) is 0 Å². The van der Waals surface area contributed by atoms with E-state index in [0.717, 1.165) is 28.2 Å². The number of hydrogen-bond donors (Lipinski definition) is 2. The minimum atomic E-state index is -0.380. The zero-order chi connectivity index (χ0) is 26.2. The van der Waals surface area contributed by atoms with Crippen LogP contribution < -0.4 is 11.9 Å². The highest BCUT2D eigenvalue weighted by molar-refractivity contribution is 6.35. The Hall–Kier alpha value is -4.68. The molecule has 37 heavy (non-hydrogen) atoms. The van der Waals surface area contributed by atoms with E-state index in [1.54, 1.807) is 30.7 Å². The van der Waals surface area contributed by atoms with E-state index >= 15 is 0 Å². The molecular formula is C25H29N9O3. The third kappa shape index (κ3) is 7.40. The molecule has 0 unspecified atom stereocenters. The van der Waals surface area contributed by atoms with Gasteiger partial charge in [-0.1, -0.05) is 0 Å². The molecule has 0 fully saturated rings. The fourth-order valence-electron chi connectivity index (χ4n) is 2.83. The van der Waals surface area contributed by atoms with Crippen molar-refractivity contribution in [2.24, 2.45) is 5.73 Å². The van der Waals surface area contributed by atoms with Crippen LogP contribution in [0.3, 0.4) is 0 Å². The monoisotopic (exact) mass is 503 g/mol. The number of ketones is 3. The number of aryl methyl sites for hydroxylation is 2. The van der Waals surface area contributed by atoms with E-state index < -0.39 is 0 Å². The zero-order valence-corrected chi connectivity index (χ0v) is 21.1. The molecule has 0 bridgehead atoms. The molecule has 0 aromatic carbocycles. The molecule has 0 radical (unpaired) electrons. The van der Waals surface area contributed by atoms with E-state index in [0.29, 0.717) is 11.4 Å². The summed E-state index contributed by atoms with van der Waals surface area (Å²) in [5.41, 5.74) is 10.2. The first-order chi connectivity index (χ1) is 17.2. The maximum Gasteiger partial charge on any atom is 0.195 e. The van der Waals surface area contributed by atoms with E-state index in [9.17, 15) is 14.4 Å². The Bertz CT molecular complexity index is 1530. The summed E-state index contributed by atoms with van der Waals surface area (Å²) < 4.78 is 3.78. The fourth-order valence-corrected chi connectivity index (χ4v) is 2.83. The topological polar surface area (TPSA) is 186 Å². The van der Waals surface area contributed by atoms with Gasteiger partial charge >= 0.3 is 0 Å². The number of fused-ring (bicyclic) bond motifs is 2. The van der Waals surface area contributed by atoms with Gasteiger partial charge in [0.25, 0.3) is 0 Å². The van der Waals surface area contributed by atoms with Crippen LogP contribution in [0.15, 0.2) is 61.4 Å². The van der Waals surface area contributed by atoms with Crippen molar-refractivity contribution in [1.29, 1.82) is 0 Å². The smallest absolute Gasteiger partial charge is 0.195 e. The lowest BCUT2D eigenvalue weighted by Crippen LogP contribution is -2.13. The summed E-state index contributed by atoms with van der Waals surface area (Å²) in [6, 6.07) is 7.38. The van der Waals surface area contributed by atoms with Gasteiger partial charge in [-0.25, -0.2) is 15.0 Å². The van der Waals surface area contributed by atoms with Crippen LogP contribution in [0.5, 0.6) is 0 Å². The van der Waals surface area contributed by atoms with Gasteiger partial charge in [0.15, 0.2) is 23.2 Å². The van der Waals surface area contributed by atoms with Gasteiger partial charge in [-0.2, -0.15) is 5.10 Å². The van der Waals surface area contributed by atoms with Crippen molar-refractivity contribution in [3.8, 4) is 11.4 Å². The Morgan fingerprint density at radius 3 is 1.92 bits per heavy atom. The first kappa shape index (κ1) is 28.6. The van der Waals surface area contributed by atoms with E-state index in [1.165, 1.54) is 13.8 Å². The lowest BCUT2D eigenvalue weighted by Gasteiger charge is -2.02. The molecule has 0 saturated heterocycles. The summed E-state index contributed by atoms with van der Waals surface area (Å²) in [7, 11) is 0. The number of carbonyl (C=O) groups is 3. The SMILES string of the molecule is CC(=O)C(C)=O.Cc1nnc(-c2ccn3ccnc3c2)nc1C.N.NCC(=O)c1ccn2ccnc2c1. The largest absolute Gasteiger partial charge is 0.344 e. The molecule has 5 N–H and O–H groups in total. The molecule has 5 aromatic rings. The van der Waals surface area contributed by atoms with E-state index in [1.807, 2.05) is 53.4 Å². The van der Waals surface area contributed by atoms with Crippen molar-refractivity contribution < 1.29 is 14.4 Å². The molecule has 0 aliphatic rings. The summed E-state index contributed by atoms with van der Waals surface area (Å²) in [6.45, 7) is 6.38. The standard InChI is InChI=1S/C12H11N5.C9H9N3O.C4H6O2.H3N/c1-8-9(2)15-16-12(14-8)10-3-5-17-6-4-13-11(17)7-10;10-6-8(13)7-1-3-12-4-2-11-9(12)5-7;1-3(5)4(2)6;/h3-7H,1-2H3;1-5H,6,10H2;1-2H3;1H3. The second-order valence-electron chi connectivity index (χ2n) is 7.76. The van der Waals surface area contributed by atoms with E-state index in [4.69, 9.17) is 5.73 Å². The molecule has 0 aliphatic carbocycles. The molecule has 0 amide bonds. The van der Waals surface area contributed by atoms with Crippen molar-refractivity contribution in [2.75, 3.05) is 6.54 Å². The van der Waals surface area contributed by atoms with Crippen LogP contribution >= 0.6 is 0 Å². The minimum Gasteiger partial charge on any atom is -0.344 e. The Labute approximate surface area is 213 Å². The summed E-state index contributed by atoms with van der Waals surface area (Å²) in [6.07, 6.45) is 10.9. The van der Waals surface area contributed by atoms with Gasteiger partial charge in [0.1, 0.15) is 11.3 Å². The van der Waals surface area contributed by atoms with Gasteiger partial charge in [0.05, 0.1) is 17.9 Å². The molecular weight excluding hydrogens is 474 g/mol. The van der Waals surface area contributed by atoms with Crippen LogP contribution in [0.25, 0.3) is 22.7 Å². The van der Waals surface area contributed by atoms with Crippen molar-refractivity contribution in [2.45, 2.75) is 27.7 Å². The Morgan fingerprint density at radius 1 is 0.811 bits per heavy atom. The number of aromatic nitrogens is 7. The van der Waals surface area contributed by atoms with Crippen LogP contribution in [0.4, 0.5) is 0 Å². The van der Waals surface area contributed by atoms with Crippen molar-refractivity contribution in [1.82, 2.24) is 40.1 Å². The lowest BCUT2D eigenvalue weighted by atomic mass is 10.2. The average Bonchev–Trinajstić information content (AvgIpc) is 3.54. The van der Waals surface area contributed by atoms with Crippen LogP contribution in [-0.4, -0.2) is 57.8 Å². The van der Waals surface area contributed by atoms with Crippen molar-refractivity contribution in [3.05, 3.63) is 78.4 Å². The predicted molar refractivity (Wildman–Crippen MR) is 138 cm³/mol. The quantitative estimate of drug-likeness (QED) is 0.273. The summed E-state index contributed by atoms with van der Waals surface area (Å²) >= 11 is 0. The highest BCUT2D eigenvalue weighted by Gasteiger charge is 2.06. The molecule has 0 atom stereocenters. The van der Waals surface area contributed by atoms with Crippen LogP contribution in [0.1, 0.15) is 35.6 Å². The number of imidazole rings is 2. The summed E-state index contributed by atoms with van der Waals surface area (Å²) in [5.74, 6) is -0.186. The maximum atomic E-state index is 11.2. The number of hydrogen-bond acceptors (Lipinski definition) is 10. The molecule has 0 spiro atoms. The summed E-state index contributed by atoms with van der Waals surface area (Å²) in [5, 5.41) is 8.19. The fraction of sp³-hybridized carbons (Fsp3) is 0.200. The molecule has 12 nitrogen and oxygen atoms in total. The Balaban J connectivity index is 0.000000215. The van der Waals surface area contributed by atoms with E-state index in [2.05, 4.69) is 25.1 Å². The van der Waals surface area contributed by atoms with Gasteiger partial charge < -0.3 is 20.7 Å². The second kappa shape index (κ2) is 12.9. The number of pyridine rings is 2. The highest BCUT2D eigenvalue weighted by atomic mass is 16.2. The maximum absolute atomic E-state index is 11.2. The number of rotatable bonds is 4. The molecule has 0 saturated carbocycles. The first-order valence-electron chi connectivity index (χ1n) is 11.0. The Morgan fingerprint density at radius 2 is 1.38 bits per heavy atom. The second-order valence-corrected chi connectivity index (χ2v) is 7.76. The highest BCUT2D eigenvalue weighted by Crippen LogP contribution is 2.16. The third-order valence-corrected chi connectivity index (χ3v) is 5.15. The molecule has 0 aliphatic heterocycles. The predicted octanol–water partition coefficient (Wildman–Crippen LogP) is 2.61. The first-order valence-corrected chi connectivity index (χ1v) is 11.0. The minimum absolute atomic E-state index is 0. The molecule has 5 rings (SSSR count). The molecule has 192 valence electrons.